The lowest BCUT2D eigenvalue weighted by molar-refractivity contribution is -0.121. The number of aromatic nitrogens is 2. The van der Waals surface area contributed by atoms with Crippen LogP contribution >= 0.6 is 0 Å². The summed E-state index contributed by atoms with van der Waals surface area (Å²) in [6, 6.07) is 0.387. The number of nitrogens with one attached hydrogen (secondary N) is 3. The molecule has 3 N–H and O–H groups in total. The van der Waals surface area contributed by atoms with E-state index in [1.54, 1.807) is 0 Å². The van der Waals surface area contributed by atoms with Gasteiger partial charge in [0.1, 0.15) is 0 Å². The van der Waals surface area contributed by atoms with E-state index >= 15 is 0 Å². The molecular formula is C13H20FN5O. The van der Waals surface area contributed by atoms with E-state index in [-0.39, 0.29) is 11.7 Å². The zero-order valence-electron chi connectivity index (χ0n) is 11.6. The van der Waals surface area contributed by atoms with Crippen molar-refractivity contribution in [3.05, 3.63) is 12.0 Å². The van der Waals surface area contributed by atoms with Crippen molar-refractivity contribution in [2.24, 2.45) is 0 Å². The Balaban J connectivity index is 1.72. The molecule has 0 unspecified atom stereocenters. The van der Waals surface area contributed by atoms with Crippen LogP contribution in [0.3, 0.4) is 0 Å². The van der Waals surface area contributed by atoms with Gasteiger partial charge in [0, 0.05) is 25.6 Å². The molecule has 1 aromatic heterocycles. The van der Waals surface area contributed by atoms with E-state index in [1.165, 1.54) is 0 Å². The summed E-state index contributed by atoms with van der Waals surface area (Å²) in [6.07, 6.45) is 4.38. The van der Waals surface area contributed by atoms with E-state index in [4.69, 9.17) is 0 Å². The quantitative estimate of drug-likeness (QED) is 0.630. The van der Waals surface area contributed by atoms with E-state index in [0.29, 0.717) is 37.9 Å². The molecular weight excluding hydrogens is 261 g/mol. The largest absolute Gasteiger partial charge is 0.367 e. The van der Waals surface area contributed by atoms with E-state index in [1.807, 2.05) is 6.92 Å². The summed E-state index contributed by atoms with van der Waals surface area (Å²) in [7, 11) is 0. The molecule has 7 heteroatoms. The number of carbonyl (C=O) groups is 1. The Hall–Kier alpha value is -1.92. The maximum atomic E-state index is 13.5. The summed E-state index contributed by atoms with van der Waals surface area (Å²) < 4.78 is 13.5. The standard InChI is InChI=1S/C13H20FN5O/c1-2-15-13-17-8-10(14)12(19-13)16-7-3-4-11(20)18-9-5-6-9/h8-9H,2-7H2,1H3,(H,18,20)(H2,15,16,17,19). The van der Waals surface area contributed by atoms with Crippen LogP contribution in [0.25, 0.3) is 0 Å². The van der Waals surface area contributed by atoms with Crippen LogP contribution in [0.15, 0.2) is 6.20 Å². The molecule has 0 radical (unpaired) electrons. The Morgan fingerprint density at radius 2 is 2.25 bits per heavy atom. The van der Waals surface area contributed by atoms with Gasteiger partial charge in [0.05, 0.1) is 6.20 Å². The maximum Gasteiger partial charge on any atom is 0.224 e. The van der Waals surface area contributed by atoms with Gasteiger partial charge in [-0.05, 0) is 26.2 Å². The van der Waals surface area contributed by atoms with Crippen molar-refractivity contribution in [3.63, 3.8) is 0 Å². The van der Waals surface area contributed by atoms with Crippen LogP contribution in [0.4, 0.5) is 16.2 Å². The first kappa shape index (κ1) is 14.5. The predicted molar refractivity (Wildman–Crippen MR) is 75.0 cm³/mol. The highest BCUT2D eigenvalue weighted by atomic mass is 19.1. The zero-order chi connectivity index (χ0) is 14.4. The van der Waals surface area contributed by atoms with E-state index in [2.05, 4.69) is 25.9 Å². The maximum absolute atomic E-state index is 13.5. The zero-order valence-corrected chi connectivity index (χ0v) is 11.6. The van der Waals surface area contributed by atoms with Gasteiger partial charge in [-0.3, -0.25) is 4.79 Å². The molecule has 0 spiro atoms. The molecule has 0 aliphatic heterocycles. The van der Waals surface area contributed by atoms with Crippen LogP contribution in [-0.4, -0.2) is 35.0 Å². The fourth-order valence-corrected chi connectivity index (χ4v) is 1.72. The third kappa shape index (κ3) is 4.64. The highest BCUT2D eigenvalue weighted by Crippen LogP contribution is 2.18. The van der Waals surface area contributed by atoms with Crippen LogP contribution in [0, 0.1) is 5.82 Å². The van der Waals surface area contributed by atoms with Crippen molar-refractivity contribution in [2.75, 3.05) is 23.7 Å². The average Bonchev–Trinajstić information content (AvgIpc) is 3.22. The van der Waals surface area contributed by atoms with Gasteiger partial charge in [-0.15, -0.1) is 0 Å². The minimum Gasteiger partial charge on any atom is -0.367 e. The second kappa shape index (κ2) is 7.02. The van der Waals surface area contributed by atoms with Crippen LogP contribution in [0.5, 0.6) is 0 Å². The van der Waals surface area contributed by atoms with Gasteiger partial charge in [-0.2, -0.15) is 4.98 Å². The van der Waals surface area contributed by atoms with E-state index in [0.717, 1.165) is 19.0 Å². The third-order valence-electron chi connectivity index (χ3n) is 2.89. The molecule has 1 saturated carbocycles. The molecule has 1 aliphatic rings. The lowest BCUT2D eigenvalue weighted by Crippen LogP contribution is -2.25. The van der Waals surface area contributed by atoms with Gasteiger partial charge in [-0.25, -0.2) is 9.37 Å². The number of hydrogen-bond donors (Lipinski definition) is 3. The van der Waals surface area contributed by atoms with Crippen LogP contribution in [0.2, 0.25) is 0 Å². The summed E-state index contributed by atoms with van der Waals surface area (Å²) in [5, 5.41) is 8.72. The lowest BCUT2D eigenvalue weighted by Gasteiger charge is -2.08. The Morgan fingerprint density at radius 1 is 1.45 bits per heavy atom. The molecule has 20 heavy (non-hydrogen) atoms. The van der Waals surface area contributed by atoms with E-state index < -0.39 is 5.82 Å². The predicted octanol–water partition coefficient (Wildman–Crippen LogP) is 1.52. The second-order valence-corrected chi connectivity index (χ2v) is 4.79. The molecule has 1 heterocycles. The minimum atomic E-state index is -0.492. The Labute approximate surface area is 117 Å². The van der Waals surface area contributed by atoms with Gasteiger partial charge >= 0.3 is 0 Å². The van der Waals surface area contributed by atoms with Crippen molar-refractivity contribution in [2.45, 2.75) is 38.6 Å². The molecule has 0 bridgehead atoms. The van der Waals surface area contributed by atoms with Crippen LogP contribution in [0.1, 0.15) is 32.6 Å². The fraction of sp³-hybridized carbons (Fsp3) is 0.615. The van der Waals surface area contributed by atoms with Crippen molar-refractivity contribution >= 4 is 17.7 Å². The molecule has 6 nitrogen and oxygen atoms in total. The van der Waals surface area contributed by atoms with Crippen molar-refractivity contribution in [1.29, 1.82) is 0 Å². The Morgan fingerprint density at radius 3 is 2.95 bits per heavy atom. The number of carbonyl (C=O) groups excluding carboxylic acids is 1. The molecule has 110 valence electrons. The number of hydrogen-bond acceptors (Lipinski definition) is 5. The fourth-order valence-electron chi connectivity index (χ4n) is 1.72. The normalized spacial score (nSPS) is 13.9. The molecule has 2 rings (SSSR count). The average molecular weight is 281 g/mol. The van der Waals surface area contributed by atoms with Gasteiger partial charge in [0.25, 0.3) is 0 Å². The highest BCUT2D eigenvalue weighted by molar-refractivity contribution is 5.76. The SMILES string of the molecule is CCNc1ncc(F)c(NCCCC(=O)NC2CC2)n1. The van der Waals surface area contributed by atoms with E-state index in [9.17, 15) is 9.18 Å². The molecule has 0 aromatic carbocycles. The minimum absolute atomic E-state index is 0.0609. The van der Waals surface area contributed by atoms with Gasteiger partial charge in [0.2, 0.25) is 11.9 Å². The first-order valence-electron chi connectivity index (χ1n) is 6.98. The summed E-state index contributed by atoms with van der Waals surface area (Å²) in [4.78, 5) is 19.3. The number of rotatable bonds is 8. The number of amides is 1. The van der Waals surface area contributed by atoms with Gasteiger partial charge < -0.3 is 16.0 Å². The molecule has 0 saturated heterocycles. The van der Waals surface area contributed by atoms with Crippen LogP contribution in [-0.2, 0) is 4.79 Å². The van der Waals surface area contributed by atoms with Gasteiger partial charge in [-0.1, -0.05) is 0 Å². The Kier molecular flexibility index (Phi) is 5.09. The number of nitrogens with zero attached hydrogens (tertiary/aromatic N) is 2. The summed E-state index contributed by atoms with van der Waals surface area (Å²) >= 11 is 0. The highest BCUT2D eigenvalue weighted by Gasteiger charge is 2.22. The van der Waals surface area contributed by atoms with Crippen molar-refractivity contribution < 1.29 is 9.18 Å². The first-order valence-corrected chi connectivity index (χ1v) is 6.98. The van der Waals surface area contributed by atoms with Crippen LogP contribution < -0.4 is 16.0 Å². The summed E-state index contributed by atoms with van der Waals surface area (Å²) in [6.45, 7) is 3.09. The van der Waals surface area contributed by atoms with Crippen molar-refractivity contribution in [3.8, 4) is 0 Å². The monoisotopic (exact) mass is 281 g/mol. The lowest BCUT2D eigenvalue weighted by atomic mass is 10.3. The number of halogens is 1. The second-order valence-electron chi connectivity index (χ2n) is 4.79. The summed E-state index contributed by atoms with van der Waals surface area (Å²) in [5.41, 5.74) is 0. The summed E-state index contributed by atoms with van der Waals surface area (Å²) in [5.74, 6) is 0.126. The Bertz CT molecular complexity index is 464. The molecule has 0 atom stereocenters. The molecule has 1 amide bonds. The topological polar surface area (TPSA) is 78.9 Å². The van der Waals surface area contributed by atoms with Gasteiger partial charge in [0.15, 0.2) is 11.6 Å². The molecule has 1 aliphatic carbocycles. The molecule has 1 aromatic rings. The smallest absolute Gasteiger partial charge is 0.224 e. The third-order valence-corrected chi connectivity index (χ3v) is 2.89. The van der Waals surface area contributed by atoms with Crippen molar-refractivity contribution in [1.82, 2.24) is 15.3 Å². The number of anilines is 2. The first-order chi connectivity index (χ1) is 9.69. The molecule has 1 fully saturated rings.